The molecule has 11 heavy (non-hydrogen) atoms. The zero-order chi connectivity index (χ0) is 7.68. The maximum atomic E-state index is 4.18. The second-order valence-electron chi connectivity index (χ2n) is 2.96. The van der Waals surface area contributed by atoms with Crippen LogP contribution in [0.5, 0.6) is 0 Å². The Labute approximate surface area is 65.9 Å². The van der Waals surface area contributed by atoms with E-state index in [0.29, 0.717) is 6.04 Å². The number of aryl methyl sites for hydroxylation is 1. The van der Waals surface area contributed by atoms with Crippen molar-refractivity contribution in [1.82, 2.24) is 9.97 Å². The molecule has 1 fully saturated rings. The minimum absolute atomic E-state index is 0.659. The third-order valence-electron chi connectivity index (χ3n) is 1.71. The number of rotatable bonds is 2. The van der Waals surface area contributed by atoms with Crippen LogP contribution in [0.2, 0.25) is 0 Å². The molecule has 0 bridgehead atoms. The first-order valence-electron chi connectivity index (χ1n) is 3.90. The van der Waals surface area contributed by atoms with Gasteiger partial charge in [-0.3, -0.25) is 4.98 Å². The molecule has 1 aromatic rings. The Morgan fingerprint density at radius 1 is 1.36 bits per heavy atom. The molecule has 1 aliphatic carbocycles. The predicted octanol–water partition coefficient (Wildman–Crippen LogP) is 1.36. The Kier molecular flexibility index (Phi) is 1.49. The van der Waals surface area contributed by atoms with Gasteiger partial charge in [0.25, 0.3) is 0 Å². The summed E-state index contributed by atoms with van der Waals surface area (Å²) in [6.45, 7) is 1.94. The summed E-state index contributed by atoms with van der Waals surface area (Å²) in [5.74, 6) is 0.901. The third kappa shape index (κ3) is 1.67. The van der Waals surface area contributed by atoms with Gasteiger partial charge < -0.3 is 5.32 Å². The molecule has 0 amide bonds. The molecular weight excluding hydrogens is 138 g/mol. The van der Waals surface area contributed by atoms with Crippen molar-refractivity contribution in [2.45, 2.75) is 25.8 Å². The molecule has 0 aromatic carbocycles. The van der Waals surface area contributed by atoms with E-state index in [1.165, 1.54) is 12.8 Å². The van der Waals surface area contributed by atoms with E-state index in [1.54, 1.807) is 12.4 Å². The molecule has 58 valence electrons. The molecule has 0 saturated heterocycles. The first-order chi connectivity index (χ1) is 5.34. The van der Waals surface area contributed by atoms with Gasteiger partial charge in [-0.25, -0.2) is 4.98 Å². The van der Waals surface area contributed by atoms with Crippen LogP contribution in [0, 0.1) is 6.92 Å². The van der Waals surface area contributed by atoms with E-state index in [1.807, 2.05) is 6.92 Å². The molecule has 0 aliphatic heterocycles. The summed E-state index contributed by atoms with van der Waals surface area (Å²) in [6, 6.07) is 0.659. The topological polar surface area (TPSA) is 37.8 Å². The van der Waals surface area contributed by atoms with Gasteiger partial charge in [0, 0.05) is 6.04 Å². The molecule has 0 atom stereocenters. The van der Waals surface area contributed by atoms with Crippen molar-refractivity contribution in [3.8, 4) is 0 Å². The lowest BCUT2D eigenvalue weighted by atomic mass is 10.5. The van der Waals surface area contributed by atoms with Gasteiger partial charge in [-0.1, -0.05) is 0 Å². The Morgan fingerprint density at radius 2 is 2.18 bits per heavy atom. The highest BCUT2D eigenvalue weighted by molar-refractivity contribution is 5.33. The fourth-order valence-corrected chi connectivity index (χ4v) is 0.904. The van der Waals surface area contributed by atoms with E-state index in [0.717, 1.165) is 11.5 Å². The summed E-state index contributed by atoms with van der Waals surface area (Å²) in [6.07, 6.45) is 6.11. The number of hydrogen-bond acceptors (Lipinski definition) is 3. The zero-order valence-electron chi connectivity index (χ0n) is 6.54. The maximum absolute atomic E-state index is 4.18. The summed E-state index contributed by atoms with van der Waals surface area (Å²) in [7, 11) is 0. The molecule has 1 heterocycles. The first kappa shape index (κ1) is 6.58. The Bertz CT molecular complexity index is 238. The number of aromatic nitrogens is 2. The predicted molar refractivity (Wildman–Crippen MR) is 43.4 cm³/mol. The van der Waals surface area contributed by atoms with E-state index >= 15 is 0 Å². The summed E-state index contributed by atoms with van der Waals surface area (Å²) < 4.78 is 0. The van der Waals surface area contributed by atoms with E-state index in [-0.39, 0.29) is 0 Å². The standard InChI is InChI=1S/C8H11N3/c1-6-4-10-8(5-9-6)11-7-2-3-7/h4-5,7H,2-3H2,1H3,(H,10,11). The molecule has 1 N–H and O–H groups in total. The third-order valence-corrected chi connectivity index (χ3v) is 1.71. The fourth-order valence-electron chi connectivity index (χ4n) is 0.904. The van der Waals surface area contributed by atoms with Gasteiger partial charge in [-0.05, 0) is 19.8 Å². The molecule has 0 unspecified atom stereocenters. The Hall–Kier alpha value is -1.12. The number of nitrogens with one attached hydrogen (secondary N) is 1. The smallest absolute Gasteiger partial charge is 0.144 e. The van der Waals surface area contributed by atoms with Crippen molar-refractivity contribution in [2.75, 3.05) is 5.32 Å². The van der Waals surface area contributed by atoms with Gasteiger partial charge in [0.05, 0.1) is 18.1 Å². The molecule has 3 nitrogen and oxygen atoms in total. The lowest BCUT2D eigenvalue weighted by Gasteiger charge is -2.01. The van der Waals surface area contributed by atoms with E-state index in [2.05, 4.69) is 15.3 Å². The number of anilines is 1. The van der Waals surface area contributed by atoms with Crippen LogP contribution < -0.4 is 5.32 Å². The van der Waals surface area contributed by atoms with Gasteiger partial charge in [0.1, 0.15) is 5.82 Å². The Balaban J connectivity index is 2.06. The SMILES string of the molecule is Cc1cnc(NC2CC2)cn1. The first-order valence-corrected chi connectivity index (χ1v) is 3.90. The highest BCUT2D eigenvalue weighted by Crippen LogP contribution is 2.22. The second kappa shape index (κ2) is 2.49. The van der Waals surface area contributed by atoms with Crippen molar-refractivity contribution < 1.29 is 0 Å². The monoisotopic (exact) mass is 149 g/mol. The van der Waals surface area contributed by atoms with Gasteiger partial charge in [-0.2, -0.15) is 0 Å². The number of nitrogens with zero attached hydrogens (tertiary/aromatic N) is 2. The van der Waals surface area contributed by atoms with Crippen molar-refractivity contribution in [3.63, 3.8) is 0 Å². The largest absolute Gasteiger partial charge is 0.366 e. The van der Waals surface area contributed by atoms with Crippen molar-refractivity contribution >= 4 is 5.82 Å². The van der Waals surface area contributed by atoms with Gasteiger partial charge in [0.15, 0.2) is 0 Å². The van der Waals surface area contributed by atoms with Crippen LogP contribution in [0.15, 0.2) is 12.4 Å². The van der Waals surface area contributed by atoms with E-state index in [9.17, 15) is 0 Å². The van der Waals surface area contributed by atoms with E-state index < -0.39 is 0 Å². The molecule has 0 radical (unpaired) electrons. The quantitative estimate of drug-likeness (QED) is 0.690. The highest BCUT2D eigenvalue weighted by atomic mass is 15.0. The van der Waals surface area contributed by atoms with Crippen molar-refractivity contribution in [2.24, 2.45) is 0 Å². The summed E-state index contributed by atoms with van der Waals surface area (Å²) >= 11 is 0. The molecule has 1 aromatic heterocycles. The lowest BCUT2D eigenvalue weighted by Crippen LogP contribution is -2.03. The summed E-state index contributed by atoms with van der Waals surface area (Å²) in [5, 5.41) is 3.27. The minimum atomic E-state index is 0.659. The summed E-state index contributed by atoms with van der Waals surface area (Å²) in [5.41, 5.74) is 0.964. The zero-order valence-corrected chi connectivity index (χ0v) is 6.54. The summed E-state index contributed by atoms with van der Waals surface area (Å²) in [4.78, 5) is 8.32. The normalized spacial score (nSPS) is 16.5. The van der Waals surface area contributed by atoms with Crippen molar-refractivity contribution in [1.29, 1.82) is 0 Å². The number of hydrogen-bond donors (Lipinski definition) is 1. The van der Waals surface area contributed by atoms with Crippen LogP contribution >= 0.6 is 0 Å². The van der Waals surface area contributed by atoms with Crippen LogP contribution in [0.25, 0.3) is 0 Å². The highest BCUT2D eigenvalue weighted by Gasteiger charge is 2.20. The van der Waals surface area contributed by atoms with Crippen LogP contribution in [0.3, 0.4) is 0 Å². The molecule has 2 rings (SSSR count). The maximum Gasteiger partial charge on any atom is 0.144 e. The van der Waals surface area contributed by atoms with E-state index in [4.69, 9.17) is 0 Å². The Morgan fingerprint density at radius 3 is 2.73 bits per heavy atom. The van der Waals surface area contributed by atoms with Crippen LogP contribution in [0.4, 0.5) is 5.82 Å². The molecule has 1 saturated carbocycles. The second-order valence-corrected chi connectivity index (χ2v) is 2.96. The molecular formula is C8H11N3. The van der Waals surface area contributed by atoms with Crippen LogP contribution in [0.1, 0.15) is 18.5 Å². The average Bonchev–Trinajstić information content (AvgIpc) is 2.78. The van der Waals surface area contributed by atoms with Gasteiger partial charge >= 0.3 is 0 Å². The minimum Gasteiger partial charge on any atom is -0.366 e. The lowest BCUT2D eigenvalue weighted by molar-refractivity contribution is 1.06. The van der Waals surface area contributed by atoms with Gasteiger partial charge in [-0.15, -0.1) is 0 Å². The van der Waals surface area contributed by atoms with Crippen LogP contribution in [-0.4, -0.2) is 16.0 Å². The van der Waals surface area contributed by atoms with Gasteiger partial charge in [0.2, 0.25) is 0 Å². The fraction of sp³-hybridized carbons (Fsp3) is 0.500. The van der Waals surface area contributed by atoms with Crippen LogP contribution in [-0.2, 0) is 0 Å². The van der Waals surface area contributed by atoms with Crippen molar-refractivity contribution in [3.05, 3.63) is 18.1 Å². The average molecular weight is 149 g/mol. The molecule has 0 spiro atoms. The molecule has 1 aliphatic rings. The molecule has 3 heteroatoms.